The Kier molecular flexibility index (Phi) is 7.30. The number of H-pyrrole nitrogens is 1. The zero-order valence-electron chi connectivity index (χ0n) is 23.5. The number of anilines is 1. The number of aliphatic hydroxyl groups excluding tert-OH is 2. The molecule has 0 aliphatic heterocycles. The first kappa shape index (κ1) is 28.7. The lowest BCUT2D eigenvalue weighted by Crippen LogP contribution is -2.60. The summed E-state index contributed by atoms with van der Waals surface area (Å²) in [6.07, 6.45) is 0.861. The van der Waals surface area contributed by atoms with Crippen LogP contribution in [0.3, 0.4) is 0 Å². The standard InChI is InChI=1S/C29H36F3N7O3/c1-15(2)28(11-16(12-28)3-6-23-37-20-5-4-18(10-21(20)38-23)42-29(30,31)32)36-13-17-9-22(25(41)24(17)40)39-8-7-19-26(33)34-14-35-27(19)39/h4-5,7-8,10,14-17,22,24-25,36,40-41H,3,6,9,11-13H2,1-2H3,(H,37,38)(H2,33,34,35)/t16?,17-,22-,24-,25+,28?/m1/s1. The van der Waals surface area contributed by atoms with E-state index in [1.807, 2.05) is 16.8 Å². The largest absolute Gasteiger partial charge is 0.573 e. The molecule has 0 bridgehead atoms. The molecule has 3 aromatic heterocycles. The average Bonchev–Trinajstić information content (AvgIpc) is 3.58. The number of nitrogen functional groups attached to an aromatic ring is 1. The number of hydrogen-bond donors (Lipinski definition) is 5. The summed E-state index contributed by atoms with van der Waals surface area (Å²) in [4.78, 5) is 16.0. The molecule has 2 aliphatic rings. The van der Waals surface area contributed by atoms with E-state index in [0.29, 0.717) is 53.7 Å². The van der Waals surface area contributed by atoms with Crippen molar-refractivity contribution in [3.05, 3.63) is 42.6 Å². The van der Waals surface area contributed by atoms with E-state index in [9.17, 15) is 23.4 Å². The molecule has 2 aliphatic carbocycles. The van der Waals surface area contributed by atoms with Crippen LogP contribution in [0, 0.1) is 17.8 Å². The third kappa shape index (κ3) is 5.40. The summed E-state index contributed by atoms with van der Waals surface area (Å²) < 4.78 is 43.6. The number of nitrogens with two attached hydrogens (primary N) is 1. The highest BCUT2D eigenvalue weighted by atomic mass is 19.4. The number of hydrogen-bond acceptors (Lipinski definition) is 8. The summed E-state index contributed by atoms with van der Waals surface area (Å²) in [7, 11) is 0. The van der Waals surface area contributed by atoms with Crippen LogP contribution in [0.15, 0.2) is 36.8 Å². The van der Waals surface area contributed by atoms with Gasteiger partial charge in [-0.1, -0.05) is 13.8 Å². The van der Waals surface area contributed by atoms with Crippen LogP contribution < -0.4 is 15.8 Å². The number of nitrogens with zero attached hydrogens (tertiary/aromatic N) is 4. The van der Waals surface area contributed by atoms with Crippen molar-refractivity contribution in [2.45, 2.75) is 76.1 Å². The molecule has 1 aromatic carbocycles. The van der Waals surface area contributed by atoms with Gasteiger partial charge in [-0.25, -0.2) is 15.0 Å². The maximum Gasteiger partial charge on any atom is 0.573 e. The molecule has 4 aromatic rings. The molecular weight excluding hydrogens is 551 g/mol. The molecule has 10 nitrogen and oxygen atoms in total. The summed E-state index contributed by atoms with van der Waals surface area (Å²) in [6, 6.07) is 5.62. The molecule has 0 amide bonds. The first-order valence-corrected chi connectivity index (χ1v) is 14.3. The van der Waals surface area contributed by atoms with E-state index in [1.54, 1.807) is 0 Å². The van der Waals surface area contributed by atoms with E-state index in [1.165, 1.54) is 24.5 Å². The van der Waals surface area contributed by atoms with E-state index >= 15 is 0 Å². The fourth-order valence-electron chi connectivity index (χ4n) is 6.86. The van der Waals surface area contributed by atoms with Crippen LogP contribution in [0.5, 0.6) is 5.75 Å². The number of imidazole rings is 1. The number of aromatic amines is 1. The van der Waals surface area contributed by atoms with Crippen LogP contribution in [0.4, 0.5) is 19.0 Å². The Morgan fingerprint density at radius 3 is 2.71 bits per heavy atom. The van der Waals surface area contributed by atoms with Crippen LogP contribution in [0.25, 0.3) is 22.1 Å². The lowest BCUT2D eigenvalue weighted by molar-refractivity contribution is -0.274. The first-order chi connectivity index (χ1) is 19.9. The Bertz CT molecular complexity index is 1560. The fourth-order valence-corrected chi connectivity index (χ4v) is 6.86. The van der Waals surface area contributed by atoms with Crippen molar-refractivity contribution < 1.29 is 28.1 Å². The number of alkyl halides is 3. The topological polar surface area (TPSA) is 147 Å². The molecule has 2 saturated carbocycles. The molecule has 6 N–H and O–H groups in total. The van der Waals surface area contributed by atoms with E-state index in [-0.39, 0.29) is 23.2 Å². The molecule has 0 unspecified atom stereocenters. The zero-order chi connectivity index (χ0) is 29.8. The van der Waals surface area contributed by atoms with Crippen molar-refractivity contribution in [1.82, 2.24) is 29.8 Å². The van der Waals surface area contributed by atoms with Crippen LogP contribution in [-0.2, 0) is 6.42 Å². The number of aryl methyl sites for hydroxylation is 1. The maximum atomic E-state index is 12.6. The first-order valence-electron chi connectivity index (χ1n) is 14.3. The van der Waals surface area contributed by atoms with Gasteiger partial charge in [0.05, 0.1) is 28.6 Å². The number of ether oxygens (including phenoxy) is 1. The lowest BCUT2D eigenvalue weighted by atomic mass is 9.61. The Morgan fingerprint density at radius 1 is 1.19 bits per heavy atom. The minimum atomic E-state index is -4.74. The summed E-state index contributed by atoms with van der Waals surface area (Å²) in [5, 5.41) is 26.4. The molecule has 0 radical (unpaired) electrons. The van der Waals surface area contributed by atoms with Gasteiger partial charge in [-0.15, -0.1) is 13.2 Å². The molecule has 13 heteroatoms. The normalized spacial score (nSPS) is 28.1. The zero-order valence-corrected chi connectivity index (χ0v) is 23.5. The Labute approximate surface area is 240 Å². The molecule has 226 valence electrons. The van der Waals surface area contributed by atoms with E-state index in [0.717, 1.165) is 30.5 Å². The number of halogens is 3. The SMILES string of the molecule is CC(C)C1(NC[C@H]2C[C@@H](n3ccc4c(N)ncnc43)[C@H](O)[C@@H]2O)CC(CCc2nc3ccc(OC(F)(F)F)cc3[nH]2)C1. The van der Waals surface area contributed by atoms with Gasteiger partial charge in [-0.2, -0.15) is 0 Å². The summed E-state index contributed by atoms with van der Waals surface area (Å²) >= 11 is 0. The van der Waals surface area contributed by atoms with Crippen LogP contribution in [-0.4, -0.2) is 65.4 Å². The van der Waals surface area contributed by atoms with Crippen molar-refractivity contribution in [3.63, 3.8) is 0 Å². The number of aliphatic hydroxyl groups is 2. The van der Waals surface area contributed by atoms with Gasteiger partial charge in [0.25, 0.3) is 0 Å². The third-order valence-electron chi connectivity index (χ3n) is 9.32. The highest BCUT2D eigenvalue weighted by Crippen LogP contribution is 2.46. The van der Waals surface area contributed by atoms with Gasteiger partial charge >= 0.3 is 6.36 Å². The molecule has 0 spiro atoms. The van der Waals surface area contributed by atoms with E-state index < -0.39 is 18.6 Å². The van der Waals surface area contributed by atoms with Gasteiger partial charge in [0.15, 0.2) is 0 Å². The molecule has 0 saturated heterocycles. The van der Waals surface area contributed by atoms with Gasteiger partial charge < -0.3 is 35.6 Å². The van der Waals surface area contributed by atoms with Gasteiger partial charge in [-0.3, -0.25) is 0 Å². The maximum absolute atomic E-state index is 12.6. The highest BCUT2D eigenvalue weighted by molar-refractivity contribution is 5.86. The Hall–Kier alpha value is -3.42. The minimum Gasteiger partial charge on any atom is -0.406 e. The predicted molar refractivity (Wildman–Crippen MR) is 150 cm³/mol. The second-order valence-corrected chi connectivity index (χ2v) is 12.2. The molecule has 3 heterocycles. The van der Waals surface area contributed by atoms with Crippen molar-refractivity contribution in [1.29, 1.82) is 0 Å². The number of rotatable bonds is 9. The highest BCUT2D eigenvalue weighted by Gasteiger charge is 2.48. The van der Waals surface area contributed by atoms with Crippen LogP contribution in [0.2, 0.25) is 0 Å². The second kappa shape index (κ2) is 10.7. The molecular formula is C29H36F3N7O3. The predicted octanol–water partition coefficient (Wildman–Crippen LogP) is 4.10. The molecule has 42 heavy (non-hydrogen) atoms. The number of fused-ring (bicyclic) bond motifs is 2. The van der Waals surface area contributed by atoms with Crippen LogP contribution >= 0.6 is 0 Å². The van der Waals surface area contributed by atoms with Gasteiger partial charge in [-0.05, 0) is 55.7 Å². The smallest absolute Gasteiger partial charge is 0.406 e. The molecule has 2 fully saturated rings. The average molecular weight is 588 g/mol. The van der Waals surface area contributed by atoms with Crippen molar-refractivity contribution in [2.24, 2.45) is 17.8 Å². The van der Waals surface area contributed by atoms with Gasteiger partial charge in [0.2, 0.25) is 0 Å². The van der Waals surface area contributed by atoms with E-state index in [4.69, 9.17) is 5.73 Å². The molecule has 6 rings (SSSR count). The van der Waals surface area contributed by atoms with Crippen molar-refractivity contribution >= 4 is 27.9 Å². The summed E-state index contributed by atoms with van der Waals surface area (Å²) in [6.45, 7) is 4.98. The summed E-state index contributed by atoms with van der Waals surface area (Å²) in [5.74, 6) is 1.57. The van der Waals surface area contributed by atoms with Crippen LogP contribution in [0.1, 0.15) is 51.4 Å². The monoisotopic (exact) mass is 587 g/mol. The lowest BCUT2D eigenvalue weighted by Gasteiger charge is -2.52. The third-order valence-corrected chi connectivity index (χ3v) is 9.32. The van der Waals surface area contributed by atoms with Crippen molar-refractivity contribution in [2.75, 3.05) is 12.3 Å². The Balaban J connectivity index is 1.04. The number of aromatic nitrogens is 5. The fraction of sp³-hybridized carbons (Fsp3) is 0.552. The Morgan fingerprint density at radius 2 is 1.98 bits per heavy atom. The van der Waals surface area contributed by atoms with Gasteiger partial charge in [0.1, 0.15) is 35.5 Å². The number of nitrogens with one attached hydrogen (secondary N) is 2. The second-order valence-electron chi connectivity index (χ2n) is 12.2. The minimum absolute atomic E-state index is 0.0625. The number of benzene rings is 1. The van der Waals surface area contributed by atoms with Crippen molar-refractivity contribution in [3.8, 4) is 5.75 Å². The molecule has 4 atom stereocenters. The summed E-state index contributed by atoms with van der Waals surface area (Å²) in [5.41, 5.74) is 7.68. The van der Waals surface area contributed by atoms with Gasteiger partial charge in [0, 0.05) is 36.7 Å². The van der Waals surface area contributed by atoms with E-state index in [2.05, 4.69) is 43.8 Å². The quantitative estimate of drug-likeness (QED) is 0.197.